The maximum Gasteiger partial charge on any atom is 0.239 e. The summed E-state index contributed by atoms with van der Waals surface area (Å²) in [4.78, 5) is 13.4. The highest BCUT2D eigenvalue weighted by Gasteiger charge is 2.17. The van der Waals surface area contributed by atoms with E-state index in [1.807, 2.05) is 19.1 Å². The van der Waals surface area contributed by atoms with E-state index in [1.54, 1.807) is 18.0 Å². The van der Waals surface area contributed by atoms with E-state index in [4.69, 9.17) is 28.9 Å². The average molecular weight is 275 g/mol. The van der Waals surface area contributed by atoms with Gasteiger partial charge in [0.2, 0.25) is 5.91 Å². The number of amides is 1. The van der Waals surface area contributed by atoms with Crippen LogP contribution >= 0.6 is 23.2 Å². The number of rotatable bonds is 4. The Labute approximate surface area is 111 Å². The Balaban J connectivity index is 2.78. The van der Waals surface area contributed by atoms with Crippen molar-refractivity contribution in [3.05, 3.63) is 33.8 Å². The lowest BCUT2D eigenvalue weighted by Crippen LogP contribution is -2.40. The van der Waals surface area contributed by atoms with Crippen LogP contribution in [0.1, 0.15) is 18.9 Å². The lowest BCUT2D eigenvalue weighted by molar-refractivity contribution is -0.131. The van der Waals surface area contributed by atoms with Gasteiger partial charge in [-0.1, -0.05) is 42.3 Å². The lowest BCUT2D eigenvalue weighted by Gasteiger charge is -2.21. The second kappa shape index (κ2) is 6.24. The number of carbonyl (C=O) groups excluding carboxylic acids is 1. The molecule has 1 rings (SSSR count). The highest BCUT2D eigenvalue weighted by molar-refractivity contribution is 6.42. The van der Waals surface area contributed by atoms with E-state index in [0.717, 1.165) is 5.56 Å². The highest BCUT2D eigenvalue weighted by Crippen LogP contribution is 2.26. The Morgan fingerprint density at radius 2 is 2.12 bits per heavy atom. The Morgan fingerprint density at radius 1 is 1.47 bits per heavy atom. The van der Waals surface area contributed by atoms with Crippen LogP contribution in [0.4, 0.5) is 0 Å². The zero-order valence-electron chi connectivity index (χ0n) is 9.91. The molecule has 0 aromatic heterocycles. The molecule has 1 atom stereocenters. The molecule has 0 spiro atoms. The van der Waals surface area contributed by atoms with Crippen molar-refractivity contribution in [2.75, 3.05) is 7.05 Å². The molecule has 2 N–H and O–H groups in total. The van der Waals surface area contributed by atoms with Gasteiger partial charge in [0.15, 0.2) is 0 Å². The molecule has 0 aliphatic carbocycles. The first kappa shape index (κ1) is 14.3. The van der Waals surface area contributed by atoms with Crippen LogP contribution in [0.2, 0.25) is 10.0 Å². The topological polar surface area (TPSA) is 46.3 Å². The number of benzene rings is 1. The van der Waals surface area contributed by atoms with Crippen molar-refractivity contribution >= 4 is 29.1 Å². The molecular weight excluding hydrogens is 259 g/mol. The molecule has 0 saturated heterocycles. The minimum atomic E-state index is -0.460. The third kappa shape index (κ3) is 3.60. The molecule has 0 aliphatic heterocycles. The van der Waals surface area contributed by atoms with Gasteiger partial charge in [-0.05, 0) is 18.1 Å². The minimum Gasteiger partial charge on any atom is -0.340 e. The lowest BCUT2D eigenvalue weighted by atomic mass is 10.1. The summed E-state index contributed by atoms with van der Waals surface area (Å²) in [5.41, 5.74) is 6.51. The van der Waals surface area contributed by atoms with Crippen LogP contribution in [0.3, 0.4) is 0 Å². The zero-order valence-corrected chi connectivity index (χ0v) is 11.4. The van der Waals surface area contributed by atoms with E-state index >= 15 is 0 Å². The molecule has 17 heavy (non-hydrogen) atoms. The number of hydrogen-bond acceptors (Lipinski definition) is 2. The maximum atomic E-state index is 11.8. The molecule has 1 amide bonds. The van der Waals surface area contributed by atoms with E-state index in [1.165, 1.54) is 0 Å². The molecule has 0 saturated carbocycles. The van der Waals surface area contributed by atoms with Crippen molar-refractivity contribution in [2.24, 2.45) is 5.73 Å². The van der Waals surface area contributed by atoms with Gasteiger partial charge in [-0.25, -0.2) is 0 Å². The van der Waals surface area contributed by atoms with Crippen molar-refractivity contribution in [1.82, 2.24) is 4.90 Å². The predicted octanol–water partition coefficient (Wildman–Crippen LogP) is 2.69. The second-order valence-corrected chi connectivity index (χ2v) is 4.71. The van der Waals surface area contributed by atoms with Crippen molar-refractivity contribution in [3.8, 4) is 0 Å². The predicted molar refractivity (Wildman–Crippen MR) is 71.2 cm³/mol. The average Bonchev–Trinajstić information content (AvgIpc) is 2.32. The van der Waals surface area contributed by atoms with Crippen LogP contribution in [-0.2, 0) is 11.3 Å². The monoisotopic (exact) mass is 274 g/mol. The summed E-state index contributed by atoms with van der Waals surface area (Å²) < 4.78 is 0. The summed E-state index contributed by atoms with van der Waals surface area (Å²) in [7, 11) is 1.70. The van der Waals surface area contributed by atoms with Crippen molar-refractivity contribution < 1.29 is 4.79 Å². The molecule has 1 aromatic carbocycles. The van der Waals surface area contributed by atoms with Gasteiger partial charge in [0.05, 0.1) is 16.1 Å². The summed E-state index contributed by atoms with van der Waals surface area (Å²) in [5, 5.41) is 0.976. The summed E-state index contributed by atoms with van der Waals surface area (Å²) >= 11 is 12.0. The Bertz CT molecular complexity index is 409. The number of likely N-dealkylation sites (N-methyl/N-ethyl adjacent to an activating group) is 1. The SMILES string of the molecule is CC[C@H](N)C(=O)N(C)Cc1cccc(Cl)c1Cl. The minimum absolute atomic E-state index is 0.0939. The molecule has 0 unspecified atom stereocenters. The summed E-state index contributed by atoms with van der Waals surface area (Å²) in [6, 6.07) is 4.90. The van der Waals surface area contributed by atoms with Gasteiger partial charge in [-0.2, -0.15) is 0 Å². The van der Waals surface area contributed by atoms with Crippen LogP contribution in [0.25, 0.3) is 0 Å². The normalized spacial score (nSPS) is 12.3. The van der Waals surface area contributed by atoms with Gasteiger partial charge < -0.3 is 10.6 Å². The fraction of sp³-hybridized carbons (Fsp3) is 0.417. The Hall–Kier alpha value is -0.770. The number of hydrogen-bond donors (Lipinski definition) is 1. The molecule has 0 fully saturated rings. The van der Waals surface area contributed by atoms with Gasteiger partial charge >= 0.3 is 0 Å². The smallest absolute Gasteiger partial charge is 0.239 e. The maximum absolute atomic E-state index is 11.8. The van der Waals surface area contributed by atoms with Crippen molar-refractivity contribution in [1.29, 1.82) is 0 Å². The van der Waals surface area contributed by atoms with Crippen LogP contribution in [-0.4, -0.2) is 23.9 Å². The molecule has 94 valence electrons. The Kier molecular flexibility index (Phi) is 5.25. The number of halogens is 2. The molecule has 3 nitrogen and oxygen atoms in total. The molecule has 1 aromatic rings. The van der Waals surface area contributed by atoms with Gasteiger partial charge in [0.1, 0.15) is 0 Å². The van der Waals surface area contributed by atoms with E-state index in [-0.39, 0.29) is 5.91 Å². The van der Waals surface area contributed by atoms with Crippen LogP contribution in [0.15, 0.2) is 18.2 Å². The second-order valence-electron chi connectivity index (χ2n) is 3.92. The van der Waals surface area contributed by atoms with E-state index in [0.29, 0.717) is 23.0 Å². The molecule has 0 heterocycles. The fourth-order valence-corrected chi connectivity index (χ4v) is 1.84. The van der Waals surface area contributed by atoms with Gasteiger partial charge in [-0.3, -0.25) is 4.79 Å². The zero-order chi connectivity index (χ0) is 13.0. The summed E-state index contributed by atoms with van der Waals surface area (Å²) in [5.74, 6) is -0.0939. The van der Waals surface area contributed by atoms with Gasteiger partial charge in [-0.15, -0.1) is 0 Å². The number of nitrogens with two attached hydrogens (primary N) is 1. The van der Waals surface area contributed by atoms with Gasteiger partial charge in [0.25, 0.3) is 0 Å². The number of carbonyl (C=O) groups is 1. The van der Waals surface area contributed by atoms with Crippen molar-refractivity contribution in [3.63, 3.8) is 0 Å². The summed E-state index contributed by atoms with van der Waals surface area (Å²) in [6.45, 7) is 2.29. The third-order valence-corrected chi connectivity index (χ3v) is 3.43. The van der Waals surface area contributed by atoms with Crippen LogP contribution in [0, 0.1) is 0 Å². The fourth-order valence-electron chi connectivity index (χ4n) is 1.46. The largest absolute Gasteiger partial charge is 0.340 e. The molecule has 0 bridgehead atoms. The van der Waals surface area contributed by atoms with Crippen molar-refractivity contribution in [2.45, 2.75) is 25.9 Å². The van der Waals surface area contributed by atoms with E-state index in [2.05, 4.69) is 0 Å². The van der Waals surface area contributed by atoms with E-state index < -0.39 is 6.04 Å². The summed E-state index contributed by atoms with van der Waals surface area (Å²) in [6.07, 6.45) is 0.618. The molecule has 0 radical (unpaired) electrons. The molecule has 0 aliphatic rings. The molecular formula is C12H16Cl2N2O. The van der Waals surface area contributed by atoms with Crippen LogP contribution < -0.4 is 5.73 Å². The van der Waals surface area contributed by atoms with Crippen LogP contribution in [0.5, 0.6) is 0 Å². The number of nitrogens with zero attached hydrogens (tertiary/aromatic N) is 1. The first-order chi connectivity index (χ1) is 7.97. The third-order valence-electron chi connectivity index (χ3n) is 2.57. The van der Waals surface area contributed by atoms with Gasteiger partial charge in [0, 0.05) is 13.6 Å². The standard InChI is InChI=1S/C12H16Cl2N2O/c1-3-10(15)12(17)16(2)7-8-5-4-6-9(13)11(8)14/h4-6,10H,3,7,15H2,1-2H3/t10-/m0/s1. The Morgan fingerprint density at radius 3 is 2.71 bits per heavy atom. The quantitative estimate of drug-likeness (QED) is 0.918. The highest BCUT2D eigenvalue weighted by atomic mass is 35.5. The molecule has 5 heteroatoms. The first-order valence-corrected chi connectivity index (χ1v) is 6.16. The first-order valence-electron chi connectivity index (χ1n) is 5.40. The van der Waals surface area contributed by atoms with E-state index in [9.17, 15) is 4.79 Å².